The number of carbonyl (C=O) groups excluding carboxylic acids is 2. The van der Waals surface area contributed by atoms with Crippen molar-refractivity contribution in [3.05, 3.63) is 48.2 Å². The number of benzene rings is 2. The van der Waals surface area contributed by atoms with E-state index in [-0.39, 0.29) is 23.5 Å². The Hall–Kier alpha value is -3.63. The van der Waals surface area contributed by atoms with E-state index in [9.17, 15) is 9.59 Å². The number of anilines is 2. The highest BCUT2D eigenvalue weighted by atomic mass is 16.5. The third-order valence-corrected chi connectivity index (χ3v) is 6.81. The summed E-state index contributed by atoms with van der Waals surface area (Å²) in [5.74, 6) is 1.45. The van der Waals surface area contributed by atoms with Crippen LogP contribution in [0.15, 0.2) is 42.5 Å². The number of aryl methyl sites for hydroxylation is 1. The van der Waals surface area contributed by atoms with Crippen LogP contribution >= 0.6 is 0 Å². The van der Waals surface area contributed by atoms with Gasteiger partial charge in [0.05, 0.1) is 30.5 Å². The van der Waals surface area contributed by atoms with Gasteiger partial charge in [0.25, 0.3) is 0 Å². The second-order valence-electron chi connectivity index (χ2n) is 11.2. The van der Waals surface area contributed by atoms with Gasteiger partial charge in [-0.25, -0.2) is 4.79 Å². The van der Waals surface area contributed by atoms with E-state index < -0.39 is 0 Å². The standard InChI is InChI=1S/C29H40N6O4/c1-29(2,3)25-18-26(34(6)32-25)31-28(37)30-23-11-12-24(22-10-8-7-9-21(22)23)39-16-14-35-13-15-38-20(19-35)17-27(36)33(4)5/h7-12,18,20H,13-17,19H2,1-6H3,(H2,30,31,37). The molecule has 1 atom stereocenters. The number of nitrogens with one attached hydrogen (secondary N) is 2. The van der Waals surface area contributed by atoms with E-state index in [1.54, 1.807) is 23.7 Å². The first-order valence-corrected chi connectivity index (χ1v) is 13.3. The Morgan fingerprint density at radius 2 is 1.87 bits per heavy atom. The van der Waals surface area contributed by atoms with Gasteiger partial charge in [0.15, 0.2) is 0 Å². The van der Waals surface area contributed by atoms with Crippen LogP contribution in [0.5, 0.6) is 5.75 Å². The number of hydrogen-bond donors (Lipinski definition) is 2. The minimum Gasteiger partial charge on any atom is -0.492 e. The zero-order valence-corrected chi connectivity index (χ0v) is 23.8. The zero-order valence-electron chi connectivity index (χ0n) is 23.8. The number of rotatable bonds is 8. The topological polar surface area (TPSA) is 101 Å². The van der Waals surface area contributed by atoms with Gasteiger partial charge in [-0.15, -0.1) is 0 Å². The maximum Gasteiger partial charge on any atom is 0.324 e. The Labute approximate surface area is 230 Å². The summed E-state index contributed by atoms with van der Waals surface area (Å²) in [5, 5.41) is 12.2. The lowest BCUT2D eigenvalue weighted by Crippen LogP contribution is -2.45. The number of urea groups is 1. The van der Waals surface area contributed by atoms with Crippen molar-refractivity contribution in [2.45, 2.75) is 38.7 Å². The summed E-state index contributed by atoms with van der Waals surface area (Å²) >= 11 is 0. The van der Waals surface area contributed by atoms with Crippen LogP contribution in [0.4, 0.5) is 16.3 Å². The molecule has 0 bridgehead atoms. The van der Waals surface area contributed by atoms with Crippen molar-refractivity contribution >= 4 is 34.2 Å². The van der Waals surface area contributed by atoms with E-state index in [4.69, 9.17) is 9.47 Å². The molecule has 0 spiro atoms. The maximum atomic E-state index is 12.9. The molecule has 1 aromatic heterocycles. The first-order valence-electron chi connectivity index (χ1n) is 13.3. The van der Waals surface area contributed by atoms with Gasteiger partial charge in [0.1, 0.15) is 18.2 Å². The molecule has 2 aromatic carbocycles. The van der Waals surface area contributed by atoms with Crippen molar-refractivity contribution in [2.24, 2.45) is 7.05 Å². The van der Waals surface area contributed by atoms with E-state index in [1.165, 1.54) is 0 Å². The molecule has 2 heterocycles. The Balaban J connectivity index is 1.37. The summed E-state index contributed by atoms with van der Waals surface area (Å²) in [5.41, 5.74) is 1.48. The fraction of sp³-hybridized carbons (Fsp3) is 0.483. The molecular weight excluding hydrogens is 496 g/mol. The van der Waals surface area contributed by atoms with Gasteiger partial charge in [0, 0.05) is 63.0 Å². The third-order valence-electron chi connectivity index (χ3n) is 6.81. The molecule has 0 aliphatic carbocycles. The van der Waals surface area contributed by atoms with Crippen LogP contribution in [-0.2, 0) is 22.0 Å². The molecule has 0 radical (unpaired) electrons. The molecule has 1 saturated heterocycles. The number of ether oxygens (including phenoxy) is 2. The van der Waals surface area contributed by atoms with E-state index in [0.717, 1.165) is 35.3 Å². The average molecular weight is 537 g/mol. The van der Waals surface area contributed by atoms with Crippen molar-refractivity contribution in [1.29, 1.82) is 0 Å². The molecular formula is C29H40N6O4. The van der Waals surface area contributed by atoms with Crippen molar-refractivity contribution in [3.63, 3.8) is 0 Å². The minimum absolute atomic E-state index is 0.0712. The highest BCUT2D eigenvalue weighted by Gasteiger charge is 2.24. The molecule has 1 unspecified atom stereocenters. The fourth-order valence-corrected chi connectivity index (χ4v) is 4.50. The molecule has 10 heteroatoms. The van der Waals surface area contributed by atoms with Gasteiger partial charge in [-0.05, 0) is 12.1 Å². The normalized spacial score (nSPS) is 16.2. The lowest BCUT2D eigenvalue weighted by Gasteiger charge is -2.33. The number of morpholine rings is 1. The number of carbonyl (C=O) groups is 2. The van der Waals surface area contributed by atoms with Crippen molar-refractivity contribution < 1.29 is 19.1 Å². The van der Waals surface area contributed by atoms with Crippen LogP contribution in [0.1, 0.15) is 32.9 Å². The fourth-order valence-electron chi connectivity index (χ4n) is 4.50. The monoisotopic (exact) mass is 536 g/mol. The lowest BCUT2D eigenvalue weighted by molar-refractivity contribution is -0.133. The highest BCUT2D eigenvalue weighted by Crippen LogP contribution is 2.32. The number of amides is 3. The van der Waals surface area contributed by atoms with Gasteiger partial charge in [-0.3, -0.25) is 19.7 Å². The van der Waals surface area contributed by atoms with Gasteiger partial charge in [0.2, 0.25) is 5.91 Å². The Morgan fingerprint density at radius 1 is 1.13 bits per heavy atom. The molecule has 10 nitrogen and oxygen atoms in total. The largest absolute Gasteiger partial charge is 0.492 e. The van der Waals surface area contributed by atoms with E-state index >= 15 is 0 Å². The molecule has 3 amide bonds. The van der Waals surface area contributed by atoms with Crippen molar-refractivity contribution in [3.8, 4) is 5.75 Å². The minimum atomic E-state index is -0.341. The average Bonchev–Trinajstić information content (AvgIpc) is 3.26. The summed E-state index contributed by atoms with van der Waals surface area (Å²) in [6.07, 6.45) is 0.285. The predicted molar refractivity (Wildman–Crippen MR) is 153 cm³/mol. The zero-order chi connectivity index (χ0) is 28.2. The molecule has 4 rings (SSSR count). The predicted octanol–water partition coefficient (Wildman–Crippen LogP) is 4.07. The van der Waals surface area contributed by atoms with Gasteiger partial charge < -0.3 is 19.7 Å². The van der Waals surface area contributed by atoms with Crippen LogP contribution in [0, 0.1) is 0 Å². The first-order chi connectivity index (χ1) is 18.5. The highest BCUT2D eigenvalue weighted by molar-refractivity contribution is 6.07. The molecule has 210 valence electrons. The Kier molecular flexibility index (Phi) is 8.76. The number of nitrogens with zero attached hydrogens (tertiary/aromatic N) is 4. The molecule has 3 aromatic rings. The Bertz CT molecular complexity index is 1310. The molecule has 1 aliphatic heterocycles. The molecule has 1 aliphatic rings. The number of hydrogen-bond acceptors (Lipinski definition) is 6. The quantitative estimate of drug-likeness (QED) is 0.450. The third kappa shape index (κ3) is 7.27. The summed E-state index contributed by atoms with van der Waals surface area (Å²) < 4.78 is 13.6. The number of aromatic nitrogens is 2. The van der Waals surface area contributed by atoms with Crippen LogP contribution in [0.2, 0.25) is 0 Å². The molecule has 2 N–H and O–H groups in total. The molecule has 1 fully saturated rings. The van der Waals surface area contributed by atoms with E-state index in [2.05, 4.69) is 41.4 Å². The summed E-state index contributed by atoms with van der Waals surface area (Å²) in [4.78, 5) is 28.8. The van der Waals surface area contributed by atoms with Gasteiger partial charge >= 0.3 is 6.03 Å². The molecule has 39 heavy (non-hydrogen) atoms. The summed E-state index contributed by atoms with van der Waals surface area (Å²) in [7, 11) is 5.34. The van der Waals surface area contributed by atoms with Gasteiger partial charge in [-0.2, -0.15) is 5.10 Å². The lowest BCUT2D eigenvalue weighted by atomic mass is 9.92. The summed E-state index contributed by atoms with van der Waals surface area (Å²) in [6.45, 7) is 9.60. The Morgan fingerprint density at radius 3 is 2.56 bits per heavy atom. The van der Waals surface area contributed by atoms with E-state index in [1.807, 2.05) is 49.5 Å². The van der Waals surface area contributed by atoms with E-state index in [0.29, 0.717) is 37.7 Å². The van der Waals surface area contributed by atoms with Crippen LogP contribution in [0.25, 0.3) is 10.8 Å². The first kappa shape index (κ1) is 28.4. The maximum absolute atomic E-state index is 12.9. The smallest absolute Gasteiger partial charge is 0.324 e. The van der Waals surface area contributed by atoms with Crippen molar-refractivity contribution in [2.75, 3.05) is 57.6 Å². The van der Waals surface area contributed by atoms with Crippen LogP contribution in [0.3, 0.4) is 0 Å². The number of fused-ring (bicyclic) bond motifs is 1. The SMILES string of the molecule is CN(C)C(=O)CC1CN(CCOc2ccc(NC(=O)Nc3cc(C(C)(C)C)nn3C)c3ccccc23)CCO1. The van der Waals surface area contributed by atoms with Crippen LogP contribution in [-0.4, -0.2) is 84.6 Å². The molecule has 0 saturated carbocycles. The van der Waals surface area contributed by atoms with Crippen molar-refractivity contribution in [1.82, 2.24) is 19.6 Å². The summed E-state index contributed by atoms with van der Waals surface area (Å²) in [6, 6.07) is 13.1. The van der Waals surface area contributed by atoms with Gasteiger partial charge in [-0.1, -0.05) is 45.0 Å². The second kappa shape index (κ2) is 12.0. The van der Waals surface area contributed by atoms with Crippen LogP contribution < -0.4 is 15.4 Å². The second-order valence-corrected chi connectivity index (χ2v) is 11.2.